The first-order valence-corrected chi connectivity index (χ1v) is 5.56. The van der Waals surface area contributed by atoms with Crippen molar-refractivity contribution in [1.82, 2.24) is 0 Å². The lowest BCUT2D eigenvalue weighted by molar-refractivity contribution is 0.0327. The van der Waals surface area contributed by atoms with Gasteiger partial charge in [0, 0.05) is 0 Å². The van der Waals surface area contributed by atoms with Gasteiger partial charge in [0.05, 0.1) is 5.71 Å². The summed E-state index contributed by atoms with van der Waals surface area (Å²) in [5.41, 5.74) is 0.633. The smallest absolute Gasteiger partial charge is 0.148 e. The van der Waals surface area contributed by atoms with Crippen LogP contribution in [0.1, 0.15) is 39.0 Å². The second-order valence-electron chi connectivity index (χ2n) is 3.40. The molecule has 76 valence electrons. The van der Waals surface area contributed by atoms with Crippen LogP contribution in [-0.4, -0.2) is 16.7 Å². The Hall–Kier alpha value is 0.0500. The molecule has 0 heterocycles. The molecule has 1 fully saturated rings. The summed E-state index contributed by atoms with van der Waals surface area (Å²) >= 11 is 11.2. The lowest BCUT2D eigenvalue weighted by atomic mass is 9.98. The van der Waals surface area contributed by atoms with Gasteiger partial charge >= 0.3 is 0 Å². The third-order valence-corrected chi connectivity index (χ3v) is 2.85. The van der Waals surface area contributed by atoms with Gasteiger partial charge in [0.15, 0.2) is 0 Å². The van der Waals surface area contributed by atoms with Gasteiger partial charge in [-0.3, -0.25) is 0 Å². The zero-order valence-electron chi connectivity index (χ0n) is 7.80. The summed E-state index contributed by atoms with van der Waals surface area (Å²) in [6.45, 7) is 1.77. The molecule has 0 aromatic rings. The van der Waals surface area contributed by atoms with Crippen LogP contribution in [0.5, 0.6) is 0 Å². The van der Waals surface area contributed by atoms with Crippen LogP contribution in [0.2, 0.25) is 0 Å². The minimum absolute atomic E-state index is 0.274. The van der Waals surface area contributed by atoms with Gasteiger partial charge in [-0.15, -0.1) is 0 Å². The van der Waals surface area contributed by atoms with E-state index >= 15 is 0 Å². The summed E-state index contributed by atoms with van der Waals surface area (Å²) in [6.07, 6.45) is 6.28. The maximum absolute atomic E-state index is 5.60. The quantitative estimate of drug-likeness (QED) is 0.408. The molecular formula is C9H15Cl2NO. The molecule has 1 saturated carbocycles. The van der Waals surface area contributed by atoms with Crippen LogP contribution in [0.25, 0.3) is 0 Å². The van der Waals surface area contributed by atoms with Gasteiger partial charge in [-0.25, -0.2) is 0 Å². The van der Waals surface area contributed by atoms with Gasteiger partial charge in [0.1, 0.15) is 10.9 Å². The molecule has 0 unspecified atom stereocenters. The van der Waals surface area contributed by atoms with Crippen molar-refractivity contribution in [3.8, 4) is 0 Å². The highest BCUT2D eigenvalue weighted by Gasteiger charge is 2.14. The molecule has 2 nitrogen and oxygen atoms in total. The number of hydrogen-bond acceptors (Lipinski definition) is 2. The van der Waals surface area contributed by atoms with E-state index in [-0.39, 0.29) is 6.10 Å². The van der Waals surface area contributed by atoms with Gasteiger partial charge in [0.25, 0.3) is 0 Å². The van der Waals surface area contributed by atoms with Crippen LogP contribution in [-0.2, 0) is 4.84 Å². The summed E-state index contributed by atoms with van der Waals surface area (Å²) in [7, 11) is 0. The van der Waals surface area contributed by atoms with E-state index in [9.17, 15) is 0 Å². The van der Waals surface area contributed by atoms with Crippen LogP contribution in [0.4, 0.5) is 0 Å². The Kier molecular flexibility index (Phi) is 4.89. The molecular weight excluding hydrogens is 209 g/mol. The highest BCUT2D eigenvalue weighted by Crippen LogP contribution is 2.20. The van der Waals surface area contributed by atoms with E-state index in [1.54, 1.807) is 6.92 Å². The SMILES string of the molecule is C/C(=N\OC1CCCCC1)C(Cl)Cl. The molecule has 0 aromatic carbocycles. The van der Waals surface area contributed by atoms with Gasteiger partial charge in [-0.1, -0.05) is 34.8 Å². The van der Waals surface area contributed by atoms with E-state index in [1.807, 2.05) is 0 Å². The Morgan fingerprint density at radius 3 is 2.46 bits per heavy atom. The lowest BCUT2D eigenvalue weighted by Gasteiger charge is -2.19. The summed E-state index contributed by atoms with van der Waals surface area (Å²) < 4.78 is 0. The van der Waals surface area contributed by atoms with Crippen molar-refractivity contribution in [3.63, 3.8) is 0 Å². The molecule has 1 aliphatic carbocycles. The molecule has 0 N–H and O–H groups in total. The monoisotopic (exact) mass is 223 g/mol. The first-order valence-electron chi connectivity index (χ1n) is 4.68. The van der Waals surface area contributed by atoms with E-state index in [0.717, 1.165) is 12.8 Å². The van der Waals surface area contributed by atoms with E-state index in [0.29, 0.717) is 5.71 Å². The van der Waals surface area contributed by atoms with Crippen LogP contribution < -0.4 is 0 Å². The minimum atomic E-state index is -0.552. The standard InChI is InChI=1S/C9H15Cl2NO/c1-7(9(10)11)12-13-8-5-3-2-4-6-8/h8-9H,2-6H2,1H3/b12-7+. The molecule has 0 atom stereocenters. The second-order valence-corrected chi connectivity index (χ2v) is 4.50. The van der Waals surface area contributed by atoms with E-state index in [2.05, 4.69) is 5.16 Å². The predicted molar refractivity (Wildman–Crippen MR) is 56.6 cm³/mol. The second kappa shape index (κ2) is 5.71. The van der Waals surface area contributed by atoms with Crippen LogP contribution in [0.15, 0.2) is 5.16 Å². The molecule has 0 saturated heterocycles. The van der Waals surface area contributed by atoms with Gasteiger partial charge in [-0.05, 0) is 32.6 Å². The van der Waals surface area contributed by atoms with Crippen molar-refractivity contribution in [2.45, 2.75) is 50.0 Å². The number of hydrogen-bond donors (Lipinski definition) is 0. The molecule has 0 spiro atoms. The number of rotatable bonds is 3. The zero-order chi connectivity index (χ0) is 9.68. The normalized spacial score (nSPS) is 20.8. The van der Waals surface area contributed by atoms with Crippen LogP contribution >= 0.6 is 23.2 Å². The molecule has 13 heavy (non-hydrogen) atoms. The van der Waals surface area contributed by atoms with Gasteiger partial charge < -0.3 is 4.84 Å². The van der Waals surface area contributed by atoms with E-state index < -0.39 is 4.84 Å². The maximum atomic E-state index is 5.60. The average molecular weight is 224 g/mol. The van der Waals surface area contributed by atoms with Crippen molar-refractivity contribution in [2.75, 3.05) is 0 Å². The minimum Gasteiger partial charge on any atom is -0.392 e. The predicted octanol–water partition coefficient (Wildman–Crippen LogP) is 3.52. The van der Waals surface area contributed by atoms with E-state index in [4.69, 9.17) is 28.0 Å². The first kappa shape index (κ1) is 11.1. The molecule has 0 radical (unpaired) electrons. The molecule has 0 aliphatic heterocycles. The fraction of sp³-hybridized carbons (Fsp3) is 0.889. The van der Waals surface area contributed by atoms with Crippen LogP contribution in [0, 0.1) is 0 Å². The average Bonchev–Trinajstić information content (AvgIpc) is 2.15. The summed E-state index contributed by atoms with van der Waals surface area (Å²) in [6, 6.07) is 0. The molecule has 1 aliphatic rings. The summed E-state index contributed by atoms with van der Waals surface area (Å²) in [5.74, 6) is 0. The molecule has 0 bridgehead atoms. The highest BCUT2D eigenvalue weighted by atomic mass is 35.5. The number of nitrogens with zero attached hydrogens (tertiary/aromatic N) is 1. The van der Waals surface area contributed by atoms with Gasteiger partial charge in [-0.2, -0.15) is 0 Å². The van der Waals surface area contributed by atoms with Crippen molar-refractivity contribution in [3.05, 3.63) is 0 Å². The summed E-state index contributed by atoms with van der Waals surface area (Å²) in [5, 5.41) is 3.90. The largest absolute Gasteiger partial charge is 0.392 e. The van der Waals surface area contributed by atoms with Crippen molar-refractivity contribution in [1.29, 1.82) is 0 Å². The number of halogens is 2. The number of alkyl halides is 2. The maximum Gasteiger partial charge on any atom is 0.148 e. The molecule has 4 heteroatoms. The molecule has 1 rings (SSSR count). The molecule has 0 amide bonds. The Bertz CT molecular complexity index is 176. The highest BCUT2D eigenvalue weighted by molar-refractivity contribution is 6.54. The Balaban J connectivity index is 2.27. The third-order valence-electron chi connectivity index (χ3n) is 2.21. The van der Waals surface area contributed by atoms with Crippen LogP contribution in [0.3, 0.4) is 0 Å². The third kappa shape index (κ3) is 4.19. The van der Waals surface area contributed by atoms with E-state index in [1.165, 1.54) is 19.3 Å². The Labute approximate surface area is 89.2 Å². The fourth-order valence-corrected chi connectivity index (χ4v) is 1.45. The molecule has 0 aromatic heterocycles. The Morgan fingerprint density at radius 2 is 1.92 bits per heavy atom. The van der Waals surface area contributed by atoms with Crippen molar-refractivity contribution >= 4 is 28.9 Å². The Morgan fingerprint density at radius 1 is 1.31 bits per heavy atom. The van der Waals surface area contributed by atoms with Crippen molar-refractivity contribution in [2.24, 2.45) is 5.16 Å². The zero-order valence-corrected chi connectivity index (χ0v) is 9.31. The number of oxime groups is 1. The van der Waals surface area contributed by atoms with Crippen molar-refractivity contribution < 1.29 is 4.84 Å². The lowest BCUT2D eigenvalue weighted by Crippen LogP contribution is -2.15. The van der Waals surface area contributed by atoms with Gasteiger partial charge in [0.2, 0.25) is 0 Å². The first-order chi connectivity index (χ1) is 6.20. The fourth-order valence-electron chi connectivity index (χ4n) is 1.37. The summed E-state index contributed by atoms with van der Waals surface area (Å²) in [4.78, 5) is 4.77. The topological polar surface area (TPSA) is 21.6 Å².